The molecule has 1 nitrogen and oxygen atoms in total. The van der Waals surface area contributed by atoms with Crippen molar-refractivity contribution >= 4 is 5.78 Å². The van der Waals surface area contributed by atoms with Gasteiger partial charge in [0.1, 0.15) is 0 Å². The Kier molecular flexibility index (Phi) is 1.35. The highest BCUT2D eigenvalue weighted by Gasteiger charge is 2.09. The SMILES string of the molecule is C=C1CC=CC(=O)C1=C. The van der Waals surface area contributed by atoms with Crippen LogP contribution in [0.2, 0.25) is 0 Å². The van der Waals surface area contributed by atoms with E-state index < -0.39 is 0 Å². The second-order valence-electron chi connectivity index (χ2n) is 2.05. The molecule has 0 amide bonds. The minimum absolute atomic E-state index is 0.00810. The Morgan fingerprint density at radius 2 is 2.11 bits per heavy atom. The van der Waals surface area contributed by atoms with Crippen molar-refractivity contribution in [3.8, 4) is 0 Å². The smallest absolute Gasteiger partial charge is 0.185 e. The van der Waals surface area contributed by atoms with Gasteiger partial charge in [-0.25, -0.2) is 0 Å². The first-order chi connectivity index (χ1) is 4.22. The summed E-state index contributed by atoms with van der Waals surface area (Å²) >= 11 is 0. The zero-order valence-corrected chi connectivity index (χ0v) is 5.18. The Hall–Kier alpha value is -1.11. The molecule has 0 spiro atoms. The fourth-order valence-corrected chi connectivity index (χ4v) is 0.706. The molecule has 0 aromatic carbocycles. The molecule has 46 valence electrons. The monoisotopic (exact) mass is 120 g/mol. The lowest BCUT2D eigenvalue weighted by Gasteiger charge is -2.06. The number of allylic oxidation sites excluding steroid dienone is 4. The van der Waals surface area contributed by atoms with Crippen LogP contribution in [0.4, 0.5) is 0 Å². The molecule has 0 aromatic heterocycles. The van der Waals surface area contributed by atoms with Gasteiger partial charge >= 0.3 is 0 Å². The van der Waals surface area contributed by atoms with Crippen LogP contribution in [0, 0.1) is 0 Å². The number of ketones is 1. The van der Waals surface area contributed by atoms with Crippen LogP contribution in [-0.4, -0.2) is 5.78 Å². The van der Waals surface area contributed by atoms with Gasteiger partial charge in [-0.1, -0.05) is 19.2 Å². The molecule has 9 heavy (non-hydrogen) atoms. The van der Waals surface area contributed by atoms with Crippen LogP contribution in [0.5, 0.6) is 0 Å². The molecule has 0 N–H and O–H groups in total. The lowest BCUT2D eigenvalue weighted by molar-refractivity contribution is -0.111. The summed E-state index contributed by atoms with van der Waals surface area (Å²) in [7, 11) is 0. The largest absolute Gasteiger partial charge is 0.289 e. The molecule has 0 saturated heterocycles. The van der Waals surface area contributed by atoms with Crippen LogP contribution < -0.4 is 0 Å². The van der Waals surface area contributed by atoms with E-state index in [2.05, 4.69) is 13.2 Å². The van der Waals surface area contributed by atoms with E-state index in [1.165, 1.54) is 6.08 Å². The van der Waals surface area contributed by atoms with Gasteiger partial charge in [0, 0.05) is 5.57 Å². The Morgan fingerprint density at radius 3 is 2.56 bits per heavy atom. The summed E-state index contributed by atoms with van der Waals surface area (Å²) in [6, 6.07) is 0. The van der Waals surface area contributed by atoms with E-state index in [4.69, 9.17) is 0 Å². The molecule has 1 heteroatoms. The number of carbonyl (C=O) groups excluding carboxylic acids is 1. The highest BCUT2D eigenvalue weighted by molar-refractivity contribution is 6.07. The van der Waals surface area contributed by atoms with Gasteiger partial charge in [-0.15, -0.1) is 0 Å². The van der Waals surface area contributed by atoms with Crippen molar-refractivity contribution in [3.05, 3.63) is 36.5 Å². The van der Waals surface area contributed by atoms with Gasteiger partial charge in [0.15, 0.2) is 5.78 Å². The third kappa shape index (κ3) is 0.992. The summed E-state index contributed by atoms with van der Waals surface area (Å²) in [4.78, 5) is 10.8. The zero-order valence-electron chi connectivity index (χ0n) is 5.18. The number of rotatable bonds is 0. The van der Waals surface area contributed by atoms with Gasteiger partial charge in [0.05, 0.1) is 0 Å². The summed E-state index contributed by atoms with van der Waals surface area (Å²) < 4.78 is 0. The van der Waals surface area contributed by atoms with E-state index in [-0.39, 0.29) is 5.78 Å². The van der Waals surface area contributed by atoms with E-state index in [1.54, 1.807) is 6.08 Å². The average molecular weight is 120 g/mol. The lowest BCUT2D eigenvalue weighted by Crippen LogP contribution is -2.03. The van der Waals surface area contributed by atoms with E-state index in [0.717, 1.165) is 12.0 Å². The Morgan fingerprint density at radius 1 is 1.44 bits per heavy atom. The van der Waals surface area contributed by atoms with Crippen LogP contribution in [0.3, 0.4) is 0 Å². The van der Waals surface area contributed by atoms with Crippen molar-refractivity contribution in [2.75, 3.05) is 0 Å². The third-order valence-corrected chi connectivity index (χ3v) is 1.36. The molecule has 0 saturated carbocycles. The summed E-state index contributed by atoms with van der Waals surface area (Å²) in [5.41, 5.74) is 1.39. The maximum atomic E-state index is 10.8. The predicted octanol–water partition coefficient (Wildman–Crippen LogP) is 1.63. The van der Waals surface area contributed by atoms with Gasteiger partial charge in [0.2, 0.25) is 0 Å². The zero-order chi connectivity index (χ0) is 6.85. The van der Waals surface area contributed by atoms with Crippen LogP contribution in [-0.2, 0) is 4.79 Å². The predicted molar refractivity (Wildman–Crippen MR) is 37.0 cm³/mol. The van der Waals surface area contributed by atoms with Gasteiger partial charge in [-0.05, 0) is 18.1 Å². The van der Waals surface area contributed by atoms with Crippen molar-refractivity contribution in [1.29, 1.82) is 0 Å². The first kappa shape index (κ1) is 6.02. The Bertz CT molecular complexity index is 209. The molecule has 1 rings (SSSR count). The third-order valence-electron chi connectivity index (χ3n) is 1.36. The molecule has 1 aliphatic rings. The van der Waals surface area contributed by atoms with Gasteiger partial charge in [-0.3, -0.25) is 4.79 Å². The fourth-order valence-electron chi connectivity index (χ4n) is 0.706. The van der Waals surface area contributed by atoms with E-state index in [0.29, 0.717) is 5.57 Å². The second kappa shape index (κ2) is 2.02. The topological polar surface area (TPSA) is 17.1 Å². The molecular weight excluding hydrogens is 112 g/mol. The normalized spacial score (nSPS) is 18.9. The molecule has 0 fully saturated rings. The van der Waals surface area contributed by atoms with E-state index >= 15 is 0 Å². The summed E-state index contributed by atoms with van der Waals surface area (Å²) in [5, 5.41) is 0. The minimum atomic E-state index is -0.00810. The molecule has 0 heterocycles. The molecule has 0 aromatic rings. The lowest BCUT2D eigenvalue weighted by atomic mass is 9.97. The first-order valence-corrected chi connectivity index (χ1v) is 2.80. The number of carbonyl (C=O) groups is 1. The molecular formula is C8H8O. The maximum absolute atomic E-state index is 10.8. The summed E-state index contributed by atoms with van der Waals surface area (Å²) in [6.45, 7) is 7.25. The first-order valence-electron chi connectivity index (χ1n) is 2.80. The maximum Gasteiger partial charge on any atom is 0.185 e. The molecule has 1 aliphatic carbocycles. The van der Waals surface area contributed by atoms with Crippen LogP contribution in [0.15, 0.2) is 36.5 Å². The van der Waals surface area contributed by atoms with Crippen LogP contribution in [0.25, 0.3) is 0 Å². The van der Waals surface area contributed by atoms with Crippen LogP contribution in [0.1, 0.15) is 6.42 Å². The van der Waals surface area contributed by atoms with E-state index in [9.17, 15) is 4.79 Å². The number of hydrogen-bond acceptors (Lipinski definition) is 1. The minimum Gasteiger partial charge on any atom is -0.289 e. The van der Waals surface area contributed by atoms with Crippen LogP contribution >= 0.6 is 0 Å². The summed E-state index contributed by atoms with van der Waals surface area (Å²) in [5.74, 6) is -0.00810. The molecule has 0 atom stereocenters. The van der Waals surface area contributed by atoms with E-state index in [1.807, 2.05) is 0 Å². The fraction of sp³-hybridized carbons (Fsp3) is 0.125. The number of hydrogen-bond donors (Lipinski definition) is 0. The molecule has 0 unspecified atom stereocenters. The molecule has 0 bridgehead atoms. The van der Waals surface area contributed by atoms with Gasteiger partial charge < -0.3 is 0 Å². The quantitative estimate of drug-likeness (QED) is 0.444. The van der Waals surface area contributed by atoms with Crippen molar-refractivity contribution in [2.45, 2.75) is 6.42 Å². The highest BCUT2D eigenvalue weighted by Crippen LogP contribution is 2.16. The van der Waals surface area contributed by atoms with Crippen molar-refractivity contribution in [1.82, 2.24) is 0 Å². The highest BCUT2D eigenvalue weighted by atomic mass is 16.1. The van der Waals surface area contributed by atoms with Gasteiger partial charge in [0.25, 0.3) is 0 Å². The standard InChI is InChI=1S/C8H8O/c1-6-4-3-5-8(9)7(6)2/h3,5H,1-2,4H2. The van der Waals surface area contributed by atoms with Crippen molar-refractivity contribution < 1.29 is 4.79 Å². The van der Waals surface area contributed by atoms with Crippen molar-refractivity contribution in [2.24, 2.45) is 0 Å². The van der Waals surface area contributed by atoms with Gasteiger partial charge in [-0.2, -0.15) is 0 Å². The van der Waals surface area contributed by atoms with Crippen molar-refractivity contribution in [3.63, 3.8) is 0 Å². The average Bonchev–Trinajstić information content (AvgIpc) is 1.83. The summed E-state index contributed by atoms with van der Waals surface area (Å²) in [6.07, 6.45) is 4.11. The molecule has 0 radical (unpaired) electrons. The second-order valence-corrected chi connectivity index (χ2v) is 2.05. The molecule has 0 aliphatic heterocycles. The Balaban J connectivity index is 2.94. The Labute approximate surface area is 54.4 Å².